The topological polar surface area (TPSA) is 114 Å². The predicted octanol–water partition coefficient (Wildman–Crippen LogP) is -1.14. The minimum atomic E-state index is -1.01. The van der Waals surface area contributed by atoms with Crippen LogP contribution in [0.4, 0.5) is 0 Å². The third kappa shape index (κ3) is 4.08. The Morgan fingerprint density at radius 2 is 2.29 bits per heavy atom. The smallest absolute Gasteiger partial charge is 0.320 e. The average Bonchev–Trinajstić information content (AvgIpc) is 2.87. The average molecular weight is 200 g/mol. The first-order chi connectivity index (χ1) is 6.59. The summed E-state index contributed by atoms with van der Waals surface area (Å²) in [6.45, 7) is 0.346. The Morgan fingerprint density at radius 3 is 2.79 bits per heavy atom. The zero-order chi connectivity index (χ0) is 10.6. The summed E-state index contributed by atoms with van der Waals surface area (Å²) in [7, 11) is 0. The van der Waals surface area contributed by atoms with Crippen molar-refractivity contribution in [2.75, 3.05) is 6.54 Å². The van der Waals surface area contributed by atoms with Crippen molar-refractivity contribution in [3.05, 3.63) is 0 Å². The first-order valence-electron chi connectivity index (χ1n) is 4.64. The first kappa shape index (κ1) is 10.8. The van der Waals surface area contributed by atoms with Gasteiger partial charge in [0.05, 0.1) is 0 Å². The van der Waals surface area contributed by atoms with Crippen LogP contribution >= 0.6 is 0 Å². The van der Waals surface area contributed by atoms with Crippen LogP contribution in [0.1, 0.15) is 19.3 Å². The van der Waals surface area contributed by atoms with Crippen molar-refractivity contribution in [1.82, 2.24) is 5.32 Å². The van der Waals surface area contributed by atoms with Crippen molar-refractivity contribution >= 4 is 11.9 Å². The van der Waals surface area contributed by atoms with Crippen LogP contribution in [0.25, 0.3) is 0 Å². The molecule has 1 atom stereocenters. The minimum Gasteiger partial charge on any atom is -0.480 e. The summed E-state index contributed by atoms with van der Waals surface area (Å²) in [5, 5.41) is 11.5. The first-order valence-corrected chi connectivity index (χ1v) is 4.64. The molecule has 0 aromatic heterocycles. The van der Waals surface area contributed by atoms with E-state index in [1.165, 1.54) is 0 Å². The lowest BCUT2D eigenvalue weighted by molar-refractivity contribution is -0.138. The number of hydrogen-bond acceptors (Lipinski definition) is 3. The number of carbonyl (C=O) groups is 1. The zero-order valence-corrected chi connectivity index (χ0v) is 7.94. The molecule has 6 heteroatoms. The molecule has 0 aromatic rings. The molecule has 0 spiro atoms. The Bertz CT molecular complexity index is 237. The van der Waals surface area contributed by atoms with Crippen molar-refractivity contribution in [1.29, 1.82) is 0 Å². The number of aliphatic carboxylic acids is 1. The Hall–Kier alpha value is -1.30. The van der Waals surface area contributed by atoms with Crippen molar-refractivity contribution < 1.29 is 9.90 Å². The van der Waals surface area contributed by atoms with Crippen LogP contribution < -0.4 is 16.8 Å². The summed E-state index contributed by atoms with van der Waals surface area (Å²) < 4.78 is 0. The lowest BCUT2D eigenvalue weighted by Crippen LogP contribution is -2.34. The highest BCUT2D eigenvalue weighted by molar-refractivity contribution is 5.78. The van der Waals surface area contributed by atoms with E-state index < -0.39 is 12.0 Å². The van der Waals surface area contributed by atoms with Gasteiger partial charge < -0.3 is 21.9 Å². The fraction of sp³-hybridized carbons (Fsp3) is 0.750. The van der Waals surface area contributed by atoms with Crippen LogP contribution in [0.2, 0.25) is 0 Å². The molecule has 1 unspecified atom stereocenters. The van der Waals surface area contributed by atoms with E-state index in [1.807, 2.05) is 0 Å². The van der Waals surface area contributed by atoms with E-state index in [9.17, 15) is 4.79 Å². The van der Waals surface area contributed by atoms with Crippen molar-refractivity contribution in [2.24, 2.45) is 16.5 Å². The number of rotatable bonds is 5. The quantitative estimate of drug-likeness (QED) is 0.331. The maximum absolute atomic E-state index is 10.3. The molecule has 0 aliphatic heterocycles. The molecule has 80 valence electrons. The van der Waals surface area contributed by atoms with E-state index in [-0.39, 0.29) is 0 Å². The molecule has 0 bridgehead atoms. The zero-order valence-electron chi connectivity index (χ0n) is 7.94. The van der Waals surface area contributed by atoms with E-state index >= 15 is 0 Å². The SMILES string of the molecule is NC(=NCCC(N)C(=O)O)NC1CC1. The molecule has 6 nitrogen and oxygen atoms in total. The van der Waals surface area contributed by atoms with Crippen LogP contribution in [-0.2, 0) is 4.79 Å². The van der Waals surface area contributed by atoms with Gasteiger partial charge in [-0.1, -0.05) is 0 Å². The molecule has 0 amide bonds. The van der Waals surface area contributed by atoms with Crippen LogP contribution in [-0.4, -0.2) is 35.7 Å². The molecule has 1 fully saturated rings. The molecule has 14 heavy (non-hydrogen) atoms. The molecule has 1 saturated carbocycles. The number of hydrogen-bond donors (Lipinski definition) is 4. The van der Waals surface area contributed by atoms with Gasteiger partial charge in [-0.05, 0) is 19.3 Å². The van der Waals surface area contributed by atoms with Gasteiger partial charge in [0.1, 0.15) is 6.04 Å². The van der Waals surface area contributed by atoms with E-state index in [1.54, 1.807) is 0 Å². The van der Waals surface area contributed by atoms with Crippen molar-refractivity contribution in [2.45, 2.75) is 31.3 Å². The summed E-state index contributed by atoms with van der Waals surface area (Å²) in [5.74, 6) is -0.626. The van der Waals surface area contributed by atoms with Gasteiger partial charge in [-0.3, -0.25) is 9.79 Å². The van der Waals surface area contributed by atoms with Crippen LogP contribution in [0.15, 0.2) is 4.99 Å². The summed E-state index contributed by atoms with van der Waals surface area (Å²) in [5.41, 5.74) is 10.8. The fourth-order valence-corrected chi connectivity index (χ4v) is 0.930. The number of nitrogens with one attached hydrogen (secondary N) is 1. The number of aliphatic imine (C=N–C) groups is 1. The second-order valence-electron chi connectivity index (χ2n) is 3.42. The Balaban J connectivity index is 2.14. The van der Waals surface area contributed by atoms with Crippen LogP contribution in [0, 0.1) is 0 Å². The lowest BCUT2D eigenvalue weighted by Gasteiger charge is -2.05. The molecule has 6 N–H and O–H groups in total. The summed E-state index contributed by atoms with van der Waals surface area (Å²) in [4.78, 5) is 14.3. The van der Waals surface area contributed by atoms with Gasteiger partial charge >= 0.3 is 5.97 Å². The highest BCUT2D eigenvalue weighted by atomic mass is 16.4. The molecule has 0 radical (unpaired) electrons. The number of nitrogens with two attached hydrogens (primary N) is 2. The maximum Gasteiger partial charge on any atom is 0.320 e. The van der Waals surface area contributed by atoms with Crippen molar-refractivity contribution in [3.8, 4) is 0 Å². The molecule has 1 rings (SSSR count). The third-order valence-corrected chi connectivity index (χ3v) is 1.97. The summed E-state index contributed by atoms with van der Waals surface area (Å²) in [6, 6.07) is -0.389. The normalized spacial score (nSPS) is 19.1. The van der Waals surface area contributed by atoms with Gasteiger partial charge in [0.15, 0.2) is 5.96 Å². The van der Waals surface area contributed by atoms with Crippen LogP contribution in [0.5, 0.6) is 0 Å². The highest BCUT2D eigenvalue weighted by Crippen LogP contribution is 2.17. The second kappa shape index (κ2) is 4.80. The van der Waals surface area contributed by atoms with Gasteiger partial charge in [0, 0.05) is 12.6 Å². The molecule has 0 heterocycles. The monoisotopic (exact) mass is 200 g/mol. The van der Waals surface area contributed by atoms with E-state index in [4.69, 9.17) is 16.6 Å². The maximum atomic E-state index is 10.3. The highest BCUT2D eigenvalue weighted by Gasteiger charge is 2.21. The fourth-order valence-electron chi connectivity index (χ4n) is 0.930. The van der Waals surface area contributed by atoms with Gasteiger partial charge in [0.2, 0.25) is 0 Å². The van der Waals surface area contributed by atoms with E-state index in [0.717, 1.165) is 12.8 Å². The Kier molecular flexibility index (Phi) is 3.70. The molecule has 1 aliphatic rings. The van der Waals surface area contributed by atoms with Crippen molar-refractivity contribution in [3.63, 3.8) is 0 Å². The molecule has 1 aliphatic carbocycles. The predicted molar refractivity (Wildman–Crippen MR) is 52.9 cm³/mol. The second-order valence-corrected chi connectivity index (χ2v) is 3.42. The van der Waals surface area contributed by atoms with Gasteiger partial charge in [-0.2, -0.15) is 0 Å². The molecule has 0 saturated heterocycles. The number of guanidine groups is 1. The van der Waals surface area contributed by atoms with E-state index in [0.29, 0.717) is 25.0 Å². The summed E-state index contributed by atoms with van der Waals surface area (Å²) >= 11 is 0. The molecular formula is C8H16N4O2. The number of carboxylic acids is 1. The van der Waals surface area contributed by atoms with Gasteiger partial charge in [-0.15, -0.1) is 0 Å². The van der Waals surface area contributed by atoms with Gasteiger partial charge in [-0.25, -0.2) is 0 Å². The minimum absolute atomic E-state index is 0.308. The Morgan fingerprint density at radius 1 is 1.64 bits per heavy atom. The summed E-state index contributed by atoms with van der Waals surface area (Å²) in [6.07, 6.45) is 2.57. The number of nitrogens with zero attached hydrogens (tertiary/aromatic N) is 1. The Labute approximate surface area is 82.4 Å². The standard InChI is InChI=1S/C8H16N4O2/c9-6(7(13)14)3-4-11-8(10)12-5-1-2-5/h5-6H,1-4,9H2,(H,13,14)(H3,10,11,12). The van der Waals surface area contributed by atoms with Crippen LogP contribution in [0.3, 0.4) is 0 Å². The molecule has 0 aromatic carbocycles. The molecular weight excluding hydrogens is 184 g/mol. The number of carboxylic acid groups (broad SMARTS) is 1. The van der Waals surface area contributed by atoms with E-state index in [2.05, 4.69) is 10.3 Å². The van der Waals surface area contributed by atoms with Gasteiger partial charge in [0.25, 0.3) is 0 Å². The largest absolute Gasteiger partial charge is 0.480 e. The lowest BCUT2D eigenvalue weighted by atomic mass is 10.2. The third-order valence-electron chi connectivity index (χ3n) is 1.97.